The molecule has 1 N–H and O–H groups in total. The zero-order valence-corrected chi connectivity index (χ0v) is 13.0. The minimum Gasteiger partial charge on any atom is -0.274 e. The van der Waals surface area contributed by atoms with E-state index in [0.717, 1.165) is 30.3 Å². The summed E-state index contributed by atoms with van der Waals surface area (Å²) in [4.78, 5) is -0.259. The summed E-state index contributed by atoms with van der Waals surface area (Å²) in [5.41, 5.74) is -0.664. The van der Waals surface area contributed by atoms with Crippen molar-refractivity contribution in [1.29, 1.82) is 0 Å². The lowest BCUT2D eigenvalue weighted by Gasteiger charge is -2.12. The Kier molecular flexibility index (Phi) is 4.29. The van der Waals surface area contributed by atoms with E-state index in [-0.39, 0.29) is 14.9 Å². The monoisotopic (exact) mass is 379 g/mol. The molecule has 0 aliphatic carbocycles. The Balaban J connectivity index is 2.47. The van der Waals surface area contributed by atoms with Gasteiger partial charge in [-0.05, 0) is 42.8 Å². The van der Waals surface area contributed by atoms with Gasteiger partial charge in [-0.1, -0.05) is 15.9 Å². The third-order valence-electron chi connectivity index (χ3n) is 2.67. The standard InChI is InChI=1S/C13H9BrF3NO2S/c1-7-4-9(15)2-3-12(7)21(19,20)18-13-10(16)5-8(14)6-11(13)17/h2-6,18H,1H3. The molecule has 3 nitrogen and oxygen atoms in total. The third-order valence-corrected chi connectivity index (χ3v) is 4.64. The van der Waals surface area contributed by atoms with E-state index < -0.39 is 33.2 Å². The predicted octanol–water partition coefficient (Wildman–Crippen LogP) is 3.98. The minimum atomic E-state index is -4.23. The van der Waals surface area contributed by atoms with Crippen molar-refractivity contribution in [2.45, 2.75) is 11.8 Å². The van der Waals surface area contributed by atoms with Crippen molar-refractivity contribution >= 4 is 31.6 Å². The Morgan fingerprint density at radius 2 is 1.62 bits per heavy atom. The Morgan fingerprint density at radius 1 is 1.05 bits per heavy atom. The van der Waals surface area contributed by atoms with E-state index in [0.29, 0.717) is 0 Å². The van der Waals surface area contributed by atoms with Gasteiger partial charge >= 0.3 is 0 Å². The second-order valence-corrected chi connectivity index (χ2v) is 6.83. The van der Waals surface area contributed by atoms with Crippen LogP contribution in [0.4, 0.5) is 18.9 Å². The van der Waals surface area contributed by atoms with Crippen molar-refractivity contribution in [3.63, 3.8) is 0 Å². The molecule has 0 heterocycles. The summed E-state index contributed by atoms with van der Waals surface area (Å²) in [7, 11) is -4.23. The van der Waals surface area contributed by atoms with Crippen LogP contribution in [0, 0.1) is 24.4 Å². The van der Waals surface area contributed by atoms with Gasteiger partial charge in [0.05, 0.1) is 4.90 Å². The molecular formula is C13H9BrF3NO2S. The molecule has 0 aliphatic rings. The van der Waals surface area contributed by atoms with Crippen LogP contribution in [0.1, 0.15) is 5.56 Å². The Hall–Kier alpha value is -1.54. The average Bonchev–Trinajstić information content (AvgIpc) is 2.33. The molecule has 0 amide bonds. The van der Waals surface area contributed by atoms with Gasteiger partial charge in [0.15, 0.2) is 11.6 Å². The number of benzene rings is 2. The van der Waals surface area contributed by atoms with Crippen LogP contribution in [0.2, 0.25) is 0 Å². The predicted molar refractivity (Wildman–Crippen MR) is 76.0 cm³/mol. The molecule has 0 saturated heterocycles. The first-order chi connectivity index (χ1) is 9.70. The molecule has 0 fully saturated rings. The highest BCUT2D eigenvalue weighted by Gasteiger charge is 2.21. The van der Waals surface area contributed by atoms with Gasteiger partial charge in [0.25, 0.3) is 10.0 Å². The van der Waals surface area contributed by atoms with Crippen LogP contribution in [-0.2, 0) is 10.0 Å². The molecule has 0 unspecified atom stereocenters. The first-order valence-corrected chi connectivity index (χ1v) is 7.92. The number of hydrogen-bond donors (Lipinski definition) is 1. The average molecular weight is 380 g/mol. The largest absolute Gasteiger partial charge is 0.274 e. The molecule has 2 aromatic rings. The summed E-state index contributed by atoms with van der Waals surface area (Å²) in [6, 6.07) is 4.86. The van der Waals surface area contributed by atoms with E-state index in [1.165, 1.54) is 6.92 Å². The number of halogens is 4. The van der Waals surface area contributed by atoms with Crippen molar-refractivity contribution < 1.29 is 21.6 Å². The quantitative estimate of drug-likeness (QED) is 0.876. The Bertz CT molecular complexity index is 786. The van der Waals surface area contributed by atoms with Gasteiger partial charge < -0.3 is 0 Å². The summed E-state index contributed by atoms with van der Waals surface area (Å²) in [6.45, 7) is 1.38. The molecule has 0 atom stereocenters. The molecule has 0 aliphatic heterocycles. The molecule has 8 heteroatoms. The normalized spacial score (nSPS) is 11.5. The van der Waals surface area contributed by atoms with E-state index >= 15 is 0 Å². The molecule has 0 spiro atoms. The van der Waals surface area contributed by atoms with E-state index in [1.54, 1.807) is 0 Å². The number of rotatable bonds is 3. The summed E-state index contributed by atoms with van der Waals surface area (Å²) in [6.07, 6.45) is 0. The zero-order chi connectivity index (χ0) is 15.8. The fourth-order valence-electron chi connectivity index (χ4n) is 1.74. The number of sulfonamides is 1. The van der Waals surface area contributed by atoms with Crippen molar-refractivity contribution in [3.05, 3.63) is 57.8 Å². The summed E-state index contributed by atoms with van der Waals surface area (Å²) < 4.78 is 66.6. The lowest BCUT2D eigenvalue weighted by Crippen LogP contribution is -2.16. The van der Waals surface area contributed by atoms with E-state index in [2.05, 4.69) is 15.9 Å². The van der Waals surface area contributed by atoms with Crippen molar-refractivity contribution in [3.8, 4) is 0 Å². The number of aryl methyl sites for hydroxylation is 1. The first-order valence-electron chi connectivity index (χ1n) is 5.64. The van der Waals surface area contributed by atoms with Gasteiger partial charge in [0.1, 0.15) is 11.5 Å². The lowest BCUT2D eigenvalue weighted by atomic mass is 10.2. The summed E-state index contributed by atoms with van der Waals surface area (Å²) in [5.74, 6) is -2.73. The minimum absolute atomic E-state index is 0.125. The molecule has 0 bridgehead atoms. The highest BCUT2D eigenvalue weighted by molar-refractivity contribution is 9.10. The van der Waals surface area contributed by atoms with Crippen LogP contribution in [0.15, 0.2) is 39.7 Å². The van der Waals surface area contributed by atoms with Gasteiger partial charge in [-0.3, -0.25) is 4.72 Å². The molecule has 0 aromatic heterocycles. The maximum Gasteiger partial charge on any atom is 0.262 e. The molecule has 21 heavy (non-hydrogen) atoms. The highest BCUT2D eigenvalue weighted by Crippen LogP contribution is 2.27. The molecule has 2 aromatic carbocycles. The Morgan fingerprint density at radius 3 is 2.14 bits per heavy atom. The fourth-order valence-corrected chi connectivity index (χ4v) is 3.45. The van der Waals surface area contributed by atoms with E-state index in [9.17, 15) is 21.6 Å². The topological polar surface area (TPSA) is 46.2 Å². The van der Waals surface area contributed by atoms with E-state index in [4.69, 9.17) is 0 Å². The maximum absolute atomic E-state index is 13.7. The second kappa shape index (κ2) is 5.69. The van der Waals surface area contributed by atoms with Crippen LogP contribution < -0.4 is 4.72 Å². The van der Waals surface area contributed by atoms with Gasteiger partial charge in [-0.15, -0.1) is 0 Å². The van der Waals surface area contributed by atoms with Crippen LogP contribution in [0.25, 0.3) is 0 Å². The first kappa shape index (κ1) is 15.8. The van der Waals surface area contributed by atoms with Gasteiger partial charge in [0.2, 0.25) is 0 Å². The van der Waals surface area contributed by atoms with Gasteiger partial charge in [-0.2, -0.15) is 0 Å². The molecule has 112 valence electrons. The number of hydrogen-bond acceptors (Lipinski definition) is 2. The molecule has 2 rings (SSSR count). The summed E-state index contributed by atoms with van der Waals surface area (Å²) >= 11 is 2.89. The SMILES string of the molecule is Cc1cc(F)ccc1S(=O)(=O)Nc1c(F)cc(Br)cc1F. The van der Waals surface area contributed by atoms with Crippen molar-refractivity contribution in [1.82, 2.24) is 0 Å². The van der Waals surface area contributed by atoms with Crippen molar-refractivity contribution in [2.75, 3.05) is 4.72 Å². The highest BCUT2D eigenvalue weighted by atomic mass is 79.9. The van der Waals surface area contributed by atoms with Gasteiger partial charge in [0, 0.05) is 4.47 Å². The Labute approximate surface area is 128 Å². The smallest absolute Gasteiger partial charge is 0.262 e. The van der Waals surface area contributed by atoms with E-state index in [1.807, 2.05) is 4.72 Å². The van der Waals surface area contributed by atoms with Crippen LogP contribution in [0.3, 0.4) is 0 Å². The lowest BCUT2D eigenvalue weighted by molar-refractivity contribution is 0.581. The van der Waals surface area contributed by atoms with Crippen LogP contribution in [-0.4, -0.2) is 8.42 Å². The molecule has 0 saturated carbocycles. The van der Waals surface area contributed by atoms with Crippen LogP contribution >= 0.6 is 15.9 Å². The molecular weight excluding hydrogens is 371 g/mol. The maximum atomic E-state index is 13.7. The van der Waals surface area contributed by atoms with Crippen molar-refractivity contribution in [2.24, 2.45) is 0 Å². The van der Waals surface area contributed by atoms with Crippen LogP contribution in [0.5, 0.6) is 0 Å². The molecule has 0 radical (unpaired) electrons. The second-order valence-electron chi connectivity index (χ2n) is 4.26. The number of anilines is 1. The number of nitrogens with one attached hydrogen (secondary N) is 1. The summed E-state index contributed by atoms with van der Waals surface area (Å²) in [5, 5.41) is 0. The third kappa shape index (κ3) is 3.38. The van der Waals surface area contributed by atoms with Gasteiger partial charge in [-0.25, -0.2) is 21.6 Å². The zero-order valence-electron chi connectivity index (χ0n) is 10.6. The fraction of sp³-hybridized carbons (Fsp3) is 0.0769.